The molecule has 2 aliphatic rings. The zero-order valence-corrected chi connectivity index (χ0v) is 17.1. The van der Waals surface area contributed by atoms with E-state index in [-0.39, 0.29) is 37.4 Å². The summed E-state index contributed by atoms with van der Waals surface area (Å²) in [5, 5.41) is 2.98. The summed E-state index contributed by atoms with van der Waals surface area (Å²) in [6, 6.07) is 15.7. The molecule has 0 radical (unpaired) electrons. The minimum Gasteiger partial charge on any atom is -0.455 e. The molecule has 1 fully saturated rings. The number of amides is 2. The Bertz CT molecular complexity index is 954. The summed E-state index contributed by atoms with van der Waals surface area (Å²) >= 11 is 0. The van der Waals surface area contributed by atoms with Crippen molar-refractivity contribution in [3.05, 3.63) is 65.2 Å². The number of benzene rings is 2. The van der Waals surface area contributed by atoms with Crippen LogP contribution in [0.3, 0.4) is 0 Å². The number of anilines is 1. The summed E-state index contributed by atoms with van der Waals surface area (Å²) in [7, 11) is 0. The zero-order valence-electron chi connectivity index (χ0n) is 17.1. The molecule has 1 aliphatic carbocycles. The highest BCUT2D eigenvalue weighted by atomic mass is 16.5. The van der Waals surface area contributed by atoms with Crippen molar-refractivity contribution in [2.75, 3.05) is 18.1 Å². The molecule has 0 bridgehead atoms. The number of carbonyl (C=O) groups is 3. The van der Waals surface area contributed by atoms with Gasteiger partial charge in [0.1, 0.15) is 0 Å². The maximum atomic E-state index is 12.4. The molecule has 1 heterocycles. The normalized spacial score (nSPS) is 20.6. The van der Waals surface area contributed by atoms with Crippen LogP contribution in [0.1, 0.15) is 42.0 Å². The van der Waals surface area contributed by atoms with Gasteiger partial charge in [0.05, 0.1) is 12.0 Å². The number of nitrogens with one attached hydrogen (secondary N) is 1. The molecule has 0 spiro atoms. The SMILES string of the molecule is Cc1ccc(N2C[C@@H](C(=O)OCC(=O)N[C@H]3CCCc4ccccc43)CC2=O)cc1. The third kappa shape index (κ3) is 4.37. The Kier molecular flexibility index (Phi) is 5.84. The highest BCUT2D eigenvalue weighted by Crippen LogP contribution is 2.29. The molecule has 0 aromatic heterocycles. The van der Waals surface area contributed by atoms with E-state index in [9.17, 15) is 14.4 Å². The third-order valence-corrected chi connectivity index (χ3v) is 5.85. The van der Waals surface area contributed by atoms with Crippen molar-refractivity contribution < 1.29 is 19.1 Å². The maximum absolute atomic E-state index is 12.4. The molecule has 2 amide bonds. The Hall–Kier alpha value is -3.15. The summed E-state index contributed by atoms with van der Waals surface area (Å²) in [4.78, 5) is 38.7. The number of esters is 1. The van der Waals surface area contributed by atoms with Crippen molar-refractivity contribution in [2.45, 2.75) is 38.6 Å². The van der Waals surface area contributed by atoms with Crippen LogP contribution in [0.25, 0.3) is 0 Å². The molecule has 0 saturated carbocycles. The number of aryl methyl sites for hydroxylation is 2. The maximum Gasteiger partial charge on any atom is 0.311 e. The van der Waals surface area contributed by atoms with E-state index in [2.05, 4.69) is 11.4 Å². The van der Waals surface area contributed by atoms with Crippen molar-refractivity contribution in [3.8, 4) is 0 Å². The second-order valence-electron chi connectivity index (χ2n) is 8.06. The van der Waals surface area contributed by atoms with E-state index in [4.69, 9.17) is 4.74 Å². The van der Waals surface area contributed by atoms with Gasteiger partial charge in [-0.15, -0.1) is 0 Å². The molecule has 6 nitrogen and oxygen atoms in total. The first-order chi connectivity index (χ1) is 14.5. The first-order valence-corrected chi connectivity index (χ1v) is 10.4. The number of rotatable bonds is 5. The molecule has 30 heavy (non-hydrogen) atoms. The van der Waals surface area contributed by atoms with E-state index < -0.39 is 11.9 Å². The first kappa shape index (κ1) is 20.1. The Morgan fingerprint density at radius 2 is 1.90 bits per heavy atom. The molecular weight excluding hydrogens is 380 g/mol. The Balaban J connectivity index is 1.29. The Morgan fingerprint density at radius 1 is 1.13 bits per heavy atom. The minimum atomic E-state index is -0.554. The van der Waals surface area contributed by atoms with E-state index >= 15 is 0 Å². The lowest BCUT2D eigenvalue weighted by atomic mass is 9.88. The smallest absolute Gasteiger partial charge is 0.311 e. The van der Waals surface area contributed by atoms with Gasteiger partial charge < -0.3 is 15.0 Å². The topological polar surface area (TPSA) is 75.7 Å². The van der Waals surface area contributed by atoms with Crippen LogP contribution in [0.4, 0.5) is 5.69 Å². The van der Waals surface area contributed by atoms with Gasteiger partial charge in [0, 0.05) is 18.7 Å². The molecule has 1 N–H and O–H groups in total. The molecule has 156 valence electrons. The van der Waals surface area contributed by atoms with Crippen LogP contribution in [-0.2, 0) is 25.5 Å². The Morgan fingerprint density at radius 3 is 2.70 bits per heavy atom. The van der Waals surface area contributed by atoms with Crippen molar-refractivity contribution >= 4 is 23.5 Å². The van der Waals surface area contributed by atoms with Gasteiger partial charge in [-0.2, -0.15) is 0 Å². The summed E-state index contributed by atoms with van der Waals surface area (Å²) in [6.07, 6.45) is 3.01. The quantitative estimate of drug-likeness (QED) is 0.775. The highest BCUT2D eigenvalue weighted by molar-refractivity contribution is 5.99. The summed E-state index contributed by atoms with van der Waals surface area (Å²) in [6.45, 7) is 1.93. The molecule has 2 aromatic carbocycles. The predicted octanol–water partition coefficient (Wildman–Crippen LogP) is 3.08. The van der Waals surface area contributed by atoms with Crippen LogP contribution < -0.4 is 10.2 Å². The van der Waals surface area contributed by atoms with Gasteiger partial charge in [0.2, 0.25) is 5.91 Å². The van der Waals surface area contributed by atoms with Crippen molar-refractivity contribution in [3.63, 3.8) is 0 Å². The molecular formula is C24H26N2O4. The first-order valence-electron chi connectivity index (χ1n) is 10.4. The highest BCUT2D eigenvalue weighted by Gasteiger charge is 2.36. The molecule has 6 heteroatoms. The molecule has 2 atom stereocenters. The molecule has 1 saturated heterocycles. The molecule has 4 rings (SSSR count). The van der Waals surface area contributed by atoms with E-state index in [1.807, 2.05) is 49.4 Å². The van der Waals surface area contributed by atoms with E-state index in [0.717, 1.165) is 36.1 Å². The monoisotopic (exact) mass is 406 g/mol. The van der Waals surface area contributed by atoms with Crippen molar-refractivity contribution in [1.82, 2.24) is 5.32 Å². The van der Waals surface area contributed by atoms with E-state index in [0.29, 0.717) is 0 Å². The van der Waals surface area contributed by atoms with E-state index in [1.54, 1.807) is 4.90 Å². The summed E-state index contributed by atoms with van der Waals surface area (Å²) < 4.78 is 5.24. The van der Waals surface area contributed by atoms with Gasteiger partial charge >= 0.3 is 5.97 Å². The third-order valence-electron chi connectivity index (χ3n) is 5.85. The molecule has 0 unspecified atom stereocenters. The number of fused-ring (bicyclic) bond motifs is 1. The Labute approximate surface area is 176 Å². The fraction of sp³-hybridized carbons (Fsp3) is 0.375. The van der Waals surface area contributed by atoms with Crippen LogP contribution in [0.2, 0.25) is 0 Å². The average molecular weight is 406 g/mol. The summed E-state index contributed by atoms with van der Waals surface area (Å²) in [5.41, 5.74) is 4.27. The van der Waals surface area contributed by atoms with Gasteiger partial charge in [0.15, 0.2) is 6.61 Å². The lowest BCUT2D eigenvalue weighted by molar-refractivity contribution is -0.152. The van der Waals surface area contributed by atoms with Crippen molar-refractivity contribution in [2.24, 2.45) is 5.92 Å². The fourth-order valence-electron chi connectivity index (χ4n) is 4.23. The van der Waals surface area contributed by atoms with Gasteiger partial charge in [-0.1, -0.05) is 42.0 Å². The van der Waals surface area contributed by atoms with Crippen LogP contribution in [0, 0.1) is 12.8 Å². The van der Waals surface area contributed by atoms with Crippen LogP contribution in [-0.4, -0.2) is 30.9 Å². The number of hydrogen-bond acceptors (Lipinski definition) is 4. The van der Waals surface area contributed by atoms with Crippen LogP contribution >= 0.6 is 0 Å². The molecule has 2 aromatic rings. The van der Waals surface area contributed by atoms with Gasteiger partial charge in [-0.3, -0.25) is 14.4 Å². The second kappa shape index (κ2) is 8.69. The number of carbonyl (C=O) groups excluding carboxylic acids is 3. The zero-order chi connectivity index (χ0) is 21.1. The lowest BCUT2D eigenvalue weighted by Crippen LogP contribution is -2.35. The van der Waals surface area contributed by atoms with Crippen LogP contribution in [0.5, 0.6) is 0 Å². The van der Waals surface area contributed by atoms with Gasteiger partial charge in [-0.05, 0) is 49.4 Å². The summed E-state index contributed by atoms with van der Waals surface area (Å²) in [5.74, 6) is -1.48. The van der Waals surface area contributed by atoms with Crippen molar-refractivity contribution in [1.29, 1.82) is 0 Å². The number of nitrogens with zero attached hydrogens (tertiary/aromatic N) is 1. The van der Waals surface area contributed by atoms with Gasteiger partial charge in [0.25, 0.3) is 5.91 Å². The van der Waals surface area contributed by atoms with Gasteiger partial charge in [-0.25, -0.2) is 0 Å². The standard InChI is InChI=1S/C24H26N2O4/c1-16-9-11-19(12-10-16)26-14-18(13-23(26)28)24(29)30-15-22(27)25-21-8-4-6-17-5-2-3-7-20(17)21/h2-3,5,7,9-12,18,21H,4,6,8,13-15H2,1H3,(H,25,27)/t18-,21-/m0/s1. The largest absolute Gasteiger partial charge is 0.455 e. The average Bonchev–Trinajstić information content (AvgIpc) is 3.14. The number of ether oxygens (including phenoxy) is 1. The fourth-order valence-corrected chi connectivity index (χ4v) is 4.23. The van der Waals surface area contributed by atoms with E-state index in [1.165, 1.54) is 5.56 Å². The minimum absolute atomic E-state index is 0.0498. The predicted molar refractivity (Wildman–Crippen MR) is 113 cm³/mol. The van der Waals surface area contributed by atoms with Crippen LogP contribution in [0.15, 0.2) is 48.5 Å². The number of hydrogen-bond donors (Lipinski definition) is 1. The lowest BCUT2D eigenvalue weighted by Gasteiger charge is -2.26. The molecule has 1 aliphatic heterocycles. The second-order valence-corrected chi connectivity index (χ2v) is 8.06.